The van der Waals surface area contributed by atoms with Crippen molar-refractivity contribution < 1.29 is 50.0 Å². The van der Waals surface area contributed by atoms with E-state index >= 15 is 0 Å². The number of hydrogen-bond acceptors (Lipinski definition) is 1. The fourth-order valence-corrected chi connectivity index (χ4v) is 1.05. The smallest absolute Gasteiger partial charge is 0.367 e. The molecule has 1 atom stereocenters. The van der Waals surface area contributed by atoms with E-state index in [0.29, 0.717) is 0 Å². The zero-order valence-corrected chi connectivity index (χ0v) is 8.66. The molecule has 1 aromatic rings. The number of carboxylic acids is 1. The Labute approximate surface area is 97.4 Å². The van der Waals surface area contributed by atoms with Crippen LogP contribution in [-0.4, -0.2) is 11.1 Å². The van der Waals surface area contributed by atoms with Crippen molar-refractivity contribution in [3.05, 3.63) is 34.6 Å². The number of aliphatic carboxylic acids is 1. The molecule has 0 aliphatic heterocycles. The molecule has 17 heavy (non-hydrogen) atoms. The van der Waals surface area contributed by atoms with Gasteiger partial charge in [0.15, 0.2) is 23.3 Å². The van der Waals surface area contributed by atoms with Gasteiger partial charge >= 0.3 is 5.97 Å². The average molecular weight is 278 g/mol. The second-order valence-electron chi connectivity index (χ2n) is 2.87. The number of carbonyl (C=O) groups is 1. The van der Waals surface area contributed by atoms with Crippen LogP contribution < -0.4 is 18.1 Å². The Morgan fingerprint density at radius 1 is 0.941 bits per heavy atom. The van der Waals surface area contributed by atoms with Gasteiger partial charge in [-0.25, -0.2) is 26.7 Å². The summed E-state index contributed by atoms with van der Waals surface area (Å²) in [4.78, 5) is 10.4. The van der Waals surface area contributed by atoms with Crippen molar-refractivity contribution >= 4 is 5.97 Å². The maximum absolute atomic E-state index is 13.0. The highest BCUT2D eigenvalue weighted by molar-refractivity contribution is 5.73. The molecule has 0 saturated heterocycles. The fourth-order valence-electron chi connectivity index (χ4n) is 1.05. The Bertz CT molecular complexity index is 439. The van der Waals surface area contributed by atoms with Crippen LogP contribution >= 0.6 is 0 Å². The predicted molar refractivity (Wildman–Crippen MR) is 39.5 cm³/mol. The molecule has 0 spiro atoms. The van der Waals surface area contributed by atoms with E-state index in [1.54, 1.807) is 0 Å². The zero-order valence-electron chi connectivity index (χ0n) is 7.91. The maximum Gasteiger partial charge on any atom is 0.367 e. The first-order valence-corrected chi connectivity index (χ1v) is 3.86. The maximum atomic E-state index is 13.0. The van der Waals surface area contributed by atoms with Crippen LogP contribution in [0.5, 0.6) is 0 Å². The standard InChI is InChI=1S/C8H4F5NO2.ClH/c9-2-1(7(14)8(15)16)3(10)5(12)6(13)4(2)11;/h7H,14H2,(H,15,16);1H/t7-;/m1./s1. The van der Waals surface area contributed by atoms with Gasteiger partial charge in [0, 0.05) is 0 Å². The Morgan fingerprint density at radius 3 is 1.53 bits per heavy atom. The molecular formula is C8H5ClF5NO2. The van der Waals surface area contributed by atoms with Gasteiger partial charge in [-0.2, -0.15) is 0 Å². The molecular weight excluding hydrogens is 273 g/mol. The highest BCUT2D eigenvalue weighted by Crippen LogP contribution is 2.26. The van der Waals surface area contributed by atoms with Gasteiger partial charge in [0.05, 0.1) is 5.56 Å². The number of carboxylic acid groups (broad SMARTS) is 1. The molecule has 0 saturated carbocycles. The highest BCUT2D eigenvalue weighted by Gasteiger charge is 2.34. The van der Waals surface area contributed by atoms with E-state index in [2.05, 4.69) is 5.73 Å². The molecule has 4 N–H and O–H groups in total. The van der Waals surface area contributed by atoms with Crippen molar-refractivity contribution in [1.29, 1.82) is 0 Å². The van der Waals surface area contributed by atoms with Crippen LogP contribution in [-0.2, 0) is 4.79 Å². The summed E-state index contributed by atoms with van der Waals surface area (Å²) >= 11 is 0. The average Bonchev–Trinajstić information content (AvgIpc) is 2.23. The third-order valence-electron chi connectivity index (χ3n) is 1.89. The van der Waals surface area contributed by atoms with Crippen LogP contribution in [0.2, 0.25) is 0 Å². The van der Waals surface area contributed by atoms with Crippen molar-refractivity contribution in [2.75, 3.05) is 0 Å². The summed E-state index contributed by atoms with van der Waals surface area (Å²) < 4.78 is 63.8. The van der Waals surface area contributed by atoms with E-state index in [-0.39, 0.29) is 12.4 Å². The summed E-state index contributed by atoms with van der Waals surface area (Å²) in [5, 5.41) is 8.40. The van der Waals surface area contributed by atoms with Crippen molar-refractivity contribution in [2.45, 2.75) is 6.04 Å². The second-order valence-corrected chi connectivity index (χ2v) is 2.87. The van der Waals surface area contributed by atoms with E-state index in [0.717, 1.165) is 0 Å². The minimum Gasteiger partial charge on any atom is -1.00 e. The molecule has 1 rings (SSSR count). The lowest BCUT2D eigenvalue weighted by Crippen LogP contribution is -3.00. The van der Waals surface area contributed by atoms with Crippen LogP contribution in [0, 0.1) is 29.1 Å². The Morgan fingerprint density at radius 2 is 1.24 bits per heavy atom. The van der Waals surface area contributed by atoms with Crippen molar-refractivity contribution in [3.8, 4) is 0 Å². The number of rotatable bonds is 2. The monoisotopic (exact) mass is 277 g/mol. The molecule has 0 radical (unpaired) electrons. The molecule has 0 unspecified atom stereocenters. The Balaban J connectivity index is 0.00000256. The van der Waals surface area contributed by atoms with Crippen LogP contribution in [0.15, 0.2) is 0 Å². The van der Waals surface area contributed by atoms with Crippen LogP contribution in [0.25, 0.3) is 0 Å². The Hall–Kier alpha value is -1.41. The molecule has 9 heteroatoms. The second kappa shape index (κ2) is 5.28. The van der Waals surface area contributed by atoms with Crippen LogP contribution in [0.1, 0.15) is 11.6 Å². The van der Waals surface area contributed by atoms with E-state index in [1.807, 2.05) is 0 Å². The Kier molecular flexibility index (Phi) is 4.84. The summed E-state index contributed by atoms with van der Waals surface area (Å²) in [6.45, 7) is 0. The van der Waals surface area contributed by atoms with E-state index < -0.39 is 46.7 Å². The van der Waals surface area contributed by atoms with Gasteiger partial charge in [-0.05, 0) is 0 Å². The molecule has 0 aliphatic rings. The molecule has 3 nitrogen and oxygen atoms in total. The van der Waals surface area contributed by atoms with E-state index in [1.165, 1.54) is 0 Å². The minimum atomic E-state index is -2.34. The summed E-state index contributed by atoms with van der Waals surface area (Å²) in [5.74, 6) is -12.9. The van der Waals surface area contributed by atoms with Gasteiger partial charge in [-0.1, -0.05) is 0 Å². The predicted octanol–water partition coefficient (Wildman–Crippen LogP) is -2.25. The first-order valence-electron chi connectivity index (χ1n) is 3.86. The normalized spacial score (nSPS) is 11.9. The lowest BCUT2D eigenvalue weighted by atomic mass is 10.1. The quantitative estimate of drug-likeness (QED) is 0.365. The van der Waals surface area contributed by atoms with E-state index in [4.69, 9.17) is 5.11 Å². The molecule has 0 bridgehead atoms. The summed E-state index contributed by atoms with van der Waals surface area (Å²) in [6, 6.07) is -2.08. The molecule has 0 fully saturated rings. The molecule has 96 valence electrons. The van der Waals surface area contributed by atoms with Crippen molar-refractivity contribution in [1.82, 2.24) is 0 Å². The van der Waals surface area contributed by atoms with Gasteiger partial charge in [0.2, 0.25) is 11.9 Å². The third-order valence-corrected chi connectivity index (χ3v) is 1.89. The molecule has 0 heterocycles. The molecule has 0 aromatic heterocycles. The fraction of sp³-hybridized carbons (Fsp3) is 0.125. The van der Waals surface area contributed by atoms with E-state index in [9.17, 15) is 26.7 Å². The number of hydrogen-bond donors (Lipinski definition) is 2. The van der Waals surface area contributed by atoms with Crippen LogP contribution in [0.4, 0.5) is 22.0 Å². The molecule has 1 aromatic carbocycles. The SMILES string of the molecule is [Cl-].[NH3+][C@@H](C(=O)O)c1c(F)c(F)c(F)c(F)c1F. The largest absolute Gasteiger partial charge is 1.00 e. The van der Waals surface area contributed by atoms with Gasteiger partial charge in [-0.3, -0.25) is 0 Å². The number of quaternary nitrogens is 1. The molecule has 0 amide bonds. The summed E-state index contributed by atoms with van der Waals surface area (Å²) in [5.41, 5.74) is 1.35. The van der Waals surface area contributed by atoms with Gasteiger partial charge < -0.3 is 23.2 Å². The lowest BCUT2D eigenvalue weighted by Gasteiger charge is -2.08. The summed E-state index contributed by atoms with van der Waals surface area (Å²) in [6.07, 6.45) is 0. The highest BCUT2D eigenvalue weighted by atomic mass is 35.5. The van der Waals surface area contributed by atoms with Gasteiger partial charge in [-0.15, -0.1) is 0 Å². The number of benzene rings is 1. The third kappa shape index (κ3) is 2.47. The topological polar surface area (TPSA) is 64.9 Å². The number of halogens is 6. The minimum absolute atomic E-state index is 0. The summed E-state index contributed by atoms with van der Waals surface area (Å²) in [7, 11) is 0. The van der Waals surface area contributed by atoms with Gasteiger partial charge in [0.25, 0.3) is 0 Å². The van der Waals surface area contributed by atoms with Crippen molar-refractivity contribution in [2.24, 2.45) is 0 Å². The van der Waals surface area contributed by atoms with Crippen LogP contribution in [0.3, 0.4) is 0 Å². The van der Waals surface area contributed by atoms with Crippen molar-refractivity contribution in [3.63, 3.8) is 0 Å². The first-order chi connectivity index (χ1) is 7.29. The first kappa shape index (κ1) is 15.6. The lowest BCUT2D eigenvalue weighted by molar-refractivity contribution is -0.414. The molecule has 0 aliphatic carbocycles. The zero-order chi connectivity index (χ0) is 12.6. The van der Waals surface area contributed by atoms with Gasteiger partial charge in [0.1, 0.15) is 0 Å².